The molecule has 1 aromatic heterocycles. The second kappa shape index (κ2) is 10.1. The van der Waals surface area contributed by atoms with E-state index in [0.717, 1.165) is 25.3 Å². The van der Waals surface area contributed by atoms with Crippen LogP contribution in [0.3, 0.4) is 0 Å². The van der Waals surface area contributed by atoms with Gasteiger partial charge in [-0.1, -0.05) is 50.6 Å². The molecule has 0 saturated carbocycles. The van der Waals surface area contributed by atoms with Crippen LogP contribution in [0.1, 0.15) is 63.6 Å². The lowest BCUT2D eigenvalue weighted by atomic mass is 10.1. The summed E-state index contributed by atoms with van der Waals surface area (Å²) in [6.07, 6.45) is 10.4. The van der Waals surface area contributed by atoms with E-state index in [-0.39, 0.29) is 0 Å². The molecule has 0 amide bonds. The highest BCUT2D eigenvalue weighted by Crippen LogP contribution is 2.06. The quantitative estimate of drug-likeness (QED) is 0.615. The van der Waals surface area contributed by atoms with Crippen molar-refractivity contribution in [3.8, 4) is 0 Å². The molecule has 0 radical (unpaired) electrons. The lowest BCUT2D eigenvalue weighted by Crippen LogP contribution is -2.18. The van der Waals surface area contributed by atoms with Gasteiger partial charge < -0.3 is 9.84 Å². The molecule has 18 heavy (non-hydrogen) atoms. The lowest BCUT2D eigenvalue weighted by Gasteiger charge is -2.03. The number of hydrogen-bond donors (Lipinski definition) is 1. The Balaban J connectivity index is 1.81. The molecule has 0 aliphatic carbocycles. The second-order valence-corrected chi connectivity index (χ2v) is 4.85. The standard InChI is InChI=1S/C14H27N3O/c1-3-4-5-6-7-8-9-11-15-12-10-14-16-13(2)18-17-14/h15H,3-12H2,1-2H3. The third kappa shape index (κ3) is 7.43. The Morgan fingerprint density at radius 2 is 1.72 bits per heavy atom. The maximum atomic E-state index is 4.92. The van der Waals surface area contributed by atoms with Crippen molar-refractivity contribution >= 4 is 0 Å². The molecule has 1 N–H and O–H groups in total. The summed E-state index contributed by atoms with van der Waals surface area (Å²) in [7, 11) is 0. The SMILES string of the molecule is CCCCCCCCCNCCc1noc(C)n1. The van der Waals surface area contributed by atoms with E-state index in [1.165, 1.54) is 44.9 Å². The number of unbranched alkanes of at least 4 members (excludes halogenated alkanes) is 6. The molecule has 4 nitrogen and oxygen atoms in total. The van der Waals surface area contributed by atoms with Crippen LogP contribution in [-0.2, 0) is 6.42 Å². The third-order valence-corrected chi connectivity index (χ3v) is 3.05. The second-order valence-electron chi connectivity index (χ2n) is 4.85. The molecular formula is C14H27N3O. The average Bonchev–Trinajstić information content (AvgIpc) is 2.77. The Labute approximate surface area is 111 Å². The molecule has 0 fully saturated rings. The van der Waals surface area contributed by atoms with Crippen molar-refractivity contribution in [2.75, 3.05) is 13.1 Å². The molecular weight excluding hydrogens is 226 g/mol. The van der Waals surface area contributed by atoms with Crippen LogP contribution in [0.4, 0.5) is 0 Å². The first-order valence-electron chi connectivity index (χ1n) is 7.33. The fraction of sp³-hybridized carbons (Fsp3) is 0.857. The summed E-state index contributed by atoms with van der Waals surface area (Å²) in [5.74, 6) is 1.46. The van der Waals surface area contributed by atoms with Crippen LogP contribution >= 0.6 is 0 Å². The van der Waals surface area contributed by atoms with Gasteiger partial charge in [0.1, 0.15) is 0 Å². The molecule has 1 heterocycles. The predicted molar refractivity (Wildman–Crippen MR) is 73.6 cm³/mol. The summed E-state index contributed by atoms with van der Waals surface area (Å²) < 4.78 is 4.92. The Morgan fingerprint density at radius 3 is 2.39 bits per heavy atom. The zero-order chi connectivity index (χ0) is 13.1. The van der Waals surface area contributed by atoms with Crippen LogP contribution in [0.15, 0.2) is 4.52 Å². The summed E-state index contributed by atoms with van der Waals surface area (Å²) in [6.45, 7) is 6.12. The Hall–Kier alpha value is -0.900. The van der Waals surface area contributed by atoms with Gasteiger partial charge in [0.2, 0.25) is 5.89 Å². The highest BCUT2D eigenvalue weighted by Gasteiger charge is 2.00. The fourth-order valence-electron chi connectivity index (χ4n) is 1.98. The molecule has 104 valence electrons. The van der Waals surface area contributed by atoms with Crippen molar-refractivity contribution in [2.45, 2.75) is 65.2 Å². The van der Waals surface area contributed by atoms with E-state index in [9.17, 15) is 0 Å². The van der Waals surface area contributed by atoms with Crippen molar-refractivity contribution in [3.63, 3.8) is 0 Å². The Morgan fingerprint density at radius 1 is 1.00 bits per heavy atom. The molecule has 0 bridgehead atoms. The van der Waals surface area contributed by atoms with E-state index in [2.05, 4.69) is 22.4 Å². The van der Waals surface area contributed by atoms with Gasteiger partial charge in [0.05, 0.1) is 0 Å². The topological polar surface area (TPSA) is 51.0 Å². The van der Waals surface area contributed by atoms with E-state index >= 15 is 0 Å². The smallest absolute Gasteiger partial charge is 0.223 e. The number of nitrogens with one attached hydrogen (secondary N) is 1. The first-order chi connectivity index (χ1) is 8.83. The minimum absolute atomic E-state index is 0.650. The Bertz CT molecular complexity index is 299. The maximum Gasteiger partial charge on any atom is 0.223 e. The lowest BCUT2D eigenvalue weighted by molar-refractivity contribution is 0.387. The molecule has 4 heteroatoms. The molecule has 0 saturated heterocycles. The van der Waals surface area contributed by atoms with Gasteiger partial charge in [-0.2, -0.15) is 4.98 Å². The first-order valence-corrected chi connectivity index (χ1v) is 7.33. The highest BCUT2D eigenvalue weighted by molar-refractivity contribution is 4.84. The van der Waals surface area contributed by atoms with Crippen LogP contribution in [-0.4, -0.2) is 23.2 Å². The number of rotatable bonds is 11. The predicted octanol–water partition coefficient (Wildman–Crippen LogP) is 3.26. The van der Waals surface area contributed by atoms with E-state index in [0.29, 0.717) is 5.89 Å². The highest BCUT2D eigenvalue weighted by atomic mass is 16.5. The van der Waals surface area contributed by atoms with Crippen LogP contribution < -0.4 is 5.32 Å². The average molecular weight is 253 g/mol. The zero-order valence-electron chi connectivity index (χ0n) is 11.9. The van der Waals surface area contributed by atoms with Crippen molar-refractivity contribution in [1.82, 2.24) is 15.5 Å². The molecule has 0 unspecified atom stereocenters. The van der Waals surface area contributed by atoms with Crippen LogP contribution in [0, 0.1) is 6.92 Å². The van der Waals surface area contributed by atoms with E-state index < -0.39 is 0 Å². The first kappa shape index (κ1) is 15.2. The molecule has 0 aromatic carbocycles. The minimum Gasteiger partial charge on any atom is -0.340 e. The van der Waals surface area contributed by atoms with Crippen molar-refractivity contribution in [3.05, 3.63) is 11.7 Å². The van der Waals surface area contributed by atoms with Crippen molar-refractivity contribution in [2.24, 2.45) is 0 Å². The number of hydrogen-bond acceptors (Lipinski definition) is 4. The maximum absolute atomic E-state index is 4.92. The van der Waals surface area contributed by atoms with Crippen LogP contribution in [0.5, 0.6) is 0 Å². The minimum atomic E-state index is 0.650. The van der Waals surface area contributed by atoms with Crippen molar-refractivity contribution in [1.29, 1.82) is 0 Å². The van der Waals surface area contributed by atoms with Gasteiger partial charge in [0.15, 0.2) is 5.82 Å². The van der Waals surface area contributed by atoms with E-state index in [1.54, 1.807) is 0 Å². The molecule has 0 spiro atoms. The van der Waals surface area contributed by atoms with Gasteiger partial charge >= 0.3 is 0 Å². The zero-order valence-corrected chi connectivity index (χ0v) is 11.9. The molecule has 0 atom stereocenters. The monoisotopic (exact) mass is 253 g/mol. The Kier molecular flexibility index (Phi) is 8.47. The summed E-state index contributed by atoms with van der Waals surface area (Å²) in [6, 6.07) is 0. The van der Waals surface area contributed by atoms with Gasteiger partial charge in [0.25, 0.3) is 0 Å². The normalized spacial score (nSPS) is 11.0. The summed E-state index contributed by atoms with van der Waals surface area (Å²) in [5, 5.41) is 7.29. The largest absolute Gasteiger partial charge is 0.340 e. The fourth-order valence-corrected chi connectivity index (χ4v) is 1.98. The van der Waals surface area contributed by atoms with Crippen LogP contribution in [0.25, 0.3) is 0 Å². The van der Waals surface area contributed by atoms with Crippen molar-refractivity contribution < 1.29 is 4.52 Å². The number of aryl methyl sites for hydroxylation is 1. The van der Waals surface area contributed by atoms with Gasteiger partial charge in [-0.3, -0.25) is 0 Å². The van der Waals surface area contributed by atoms with Crippen LogP contribution in [0.2, 0.25) is 0 Å². The summed E-state index contributed by atoms with van der Waals surface area (Å²) in [4.78, 5) is 4.17. The van der Waals surface area contributed by atoms with Gasteiger partial charge in [-0.05, 0) is 13.0 Å². The van der Waals surface area contributed by atoms with Gasteiger partial charge in [-0.15, -0.1) is 0 Å². The van der Waals surface area contributed by atoms with E-state index in [4.69, 9.17) is 4.52 Å². The molecule has 1 aromatic rings. The summed E-state index contributed by atoms with van der Waals surface area (Å²) >= 11 is 0. The van der Waals surface area contributed by atoms with Gasteiger partial charge in [0, 0.05) is 19.9 Å². The van der Waals surface area contributed by atoms with Gasteiger partial charge in [-0.25, -0.2) is 0 Å². The third-order valence-electron chi connectivity index (χ3n) is 3.05. The molecule has 0 aliphatic rings. The number of aromatic nitrogens is 2. The molecule has 0 aliphatic heterocycles. The summed E-state index contributed by atoms with van der Waals surface area (Å²) in [5.41, 5.74) is 0. The van der Waals surface area contributed by atoms with E-state index in [1.807, 2.05) is 6.92 Å². The molecule has 1 rings (SSSR count). The number of nitrogens with zero attached hydrogens (tertiary/aromatic N) is 2.